The Labute approximate surface area is 117 Å². The first-order valence-corrected chi connectivity index (χ1v) is 6.64. The molecule has 0 saturated heterocycles. The second-order valence-electron chi connectivity index (χ2n) is 4.22. The van der Waals surface area contributed by atoms with Gasteiger partial charge in [0.2, 0.25) is 5.91 Å². The quantitative estimate of drug-likeness (QED) is 0.791. The maximum atomic E-state index is 11.7. The molecule has 3 nitrogen and oxygen atoms in total. The van der Waals surface area contributed by atoms with E-state index < -0.39 is 0 Å². The molecular formula is C13H17Cl2NO2. The molecule has 0 fully saturated rings. The van der Waals surface area contributed by atoms with Crippen molar-refractivity contribution in [2.45, 2.75) is 32.3 Å². The van der Waals surface area contributed by atoms with E-state index in [1.54, 1.807) is 25.1 Å². The highest BCUT2D eigenvalue weighted by Crippen LogP contribution is 2.24. The lowest BCUT2D eigenvalue weighted by atomic mass is 10.1. The van der Waals surface area contributed by atoms with E-state index >= 15 is 0 Å². The summed E-state index contributed by atoms with van der Waals surface area (Å²) in [6.07, 6.45) is 1.26. The van der Waals surface area contributed by atoms with Crippen LogP contribution in [0.4, 0.5) is 0 Å². The first-order chi connectivity index (χ1) is 8.50. The van der Waals surface area contributed by atoms with E-state index in [1.807, 2.05) is 0 Å². The third-order valence-corrected chi connectivity index (χ3v) is 3.23. The Morgan fingerprint density at radius 1 is 1.39 bits per heavy atom. The highest BCUT2D eigenvalue weighted by molar-refractivity contribution is 6.36. The zero-order valence-electron chi connectivity index (χ0n) is 10.2. The molecule has 0 aromatic heterocycles. The number of amides is 1. The standard InChI is InChI=1S/C13H17Cl2NO2/c1-9(17)4-3-7-16-13(18)8-10-11(14)5-2-6-12(10)15/h2,5-6,9,17H,3-4,7-8H2,1H3,(H,16,18). The minimum Gasteiger partial charge on any atom is -0.393 e. The monoisotopic (exact) mass is 289 g/mol. The van der Waals surface area contributed by atoms with Gasteiger partial charge in [0.15, 0.2) is 0 Å². The lowest BCUT2D eigenvalue weighted by Gasteiger charge is -2.08. The molecule has 100 valence electrons. The third-order valence-electron chi connectivity index (χ3n) is 2.52. The van der Waals surface area contributed by atoms with E-state index in [0.717, 1.165) is 6.42 Å². The van der Waals surface area contributed by atoms with Crippen molar-refractivity contribution in [3.8, 4) is 0 Å². The van der Waals surface area contributed by atoms with E-state index in [1.165, 1.54) is 0 Å². The topological polar surface area (TPSA) is 49.3 Å². The summed E-state index contributed by atoms with van der Waals surface area (Å²) < 4.78 is 0. The van der Waals surface area contributed by atoms with Crippen LogP contribution >= 0.6 is 23.2 Å². The van der Waals surface area contributed by atoms with Gasteiger partial charge in [-0.05, 0) is 37.5 Å². The molecule has 0 radical (unpaired) electrons. The van der Waals surface area contributed by atoms with Crippen molar-refractivity contribution in [1.82, 2.24) is 5.32 Å². The van der Waals surface area contributed by atoms with Gasteiger partial charge >= 0.3 is 0 Å². The Hall–Kier alpha value is -0.770. The van der Waals surface area contributed by atoms with Gasteiger partial charge in [-0.15, -0.1) is 0 Å². The molecule has 1 unspecified atom stereocenters. The summed E-state index contributed by atoms with van der Waals surface area (Å²) in [5.41, 5.74) is 0.647. The molecule has 5 heteroatoms. The Morgan fingerprint density at radius 2 is 2.00 bits per heavy atom. The van der Waals surface area contributed by atoms with Gasteiger partial charge in [0, 0.05) is 16.6 Å². The fourth-order valence-electron chi connectivity index (χ4n) is 1.55. The van der Waals surface area contributed by atoms with E-state index in [4.69, 9.17) is 28.3 Å². The van der Waals surface area contributed by atoms with Crippen LogP contribution in [0.3, 0.4) is 0 Å². The normalized spacial score (nSPS) is 12.2. The number of hydrogen-bond donors (Lipinski definition) is 2. The molecule has 0 aliphatic rings. The second kappa shape index (κ2) is 7.62. The van der Waals surface area contributed by atoms with Crippen LogP contribution in [0.25, 0.3) is 0 Å². The maximum absolute atomic E-state index is 11.7. The van der Waals surface area contributed by atoms with Gasteiger partial charge in [-0.2, -0.15) is 0 Å². The highest BCUT2D eigenvalue weighted by atomic mass is 35.5. The van der Waals surface area contributed by atoms with Gasteiger partial charge in [-0.25, -0.2) is 0 Å². The number of aliphatic hydroxyl groups is 1. The van der Waals surface area contributed by atoms with Gasteiger partial charge in [-0.3, -0.25) is 4.79 Å². The van der Waals surface area contributed by atoms with Crippen molar-refractivity contribution in [3.05, 3.63) is 33.8 Å². The number of hydrogen-bond acceptors (Lipinski definition) is 2. The van der Waals surface area contributed by atoms with Crippen molar-refractivity contribution < 1.29 is 9.90 Å². The first kappa shape index (κ1) is 15.3. The maximum Gasteiger partial charge on any atom is 0.224 e. The lowest BCUT2D eigenvalue weighted by molar-refractivity contribution is -0.120. The Morgan fingerprint density at radius 3 is 2.56 bits per heavy atom. The van der Waals surface area contributed by atoms with Crippen molar-refractivity contribution in [1.29, 1.82) is 0 Å². The SMILES string of the molecule is CC(O)CCCNC(=O)Cc1c(Cl)cccc1Cl. The fraction of sp³-hybridized carbons (Fsp3) is 0.462. The Balaban J connectivity index is 2.40. The molecule has 1 rings (SSSR count). The molecule has 0 aliphatic heterocycles. The predicted octanol–water partition coefficient (Wildman–Crippen LogP) is 2.81. The van der Waals surface area contributed by atoms with Crippen LogP contribution in [-0.4, -0.2) is 23.7 Å². The van der Waals surface area contributed by atoms with Crippen LogP contribution in [0.2, 0.25) is 10.0 Å². The fourth-order valence-corrected chi connectivity index (χ4v) is 2.08. The molecule has 0 aliphatic carbocycles. The Bertz CT molecular complexity index is 388. The third kappa shape index (κ3) is 5.25. The number of halogens is 2. The first-order valence-electron chi connectivity index (χ1n) is 5.88. The number of rotatable bonds is 6. The summed E-state index contributed by atoms with van der Waals surface area (Å²) in [4.78, 5) is 11.7. The summed E-state index contributed by atoms with van der Waals surface area (Å²) in [7, 11) is 0. The molecule has 0 saturated carbocycles. The van der Waals surface area contributed by atoms with E-state index in [2.05, 4.69) is 5.32 Å². The van der Waals surface area contributed by atoms with Gasteiger partial charge < -0.3 is 10.4 Å². The molecule has 1 amide bonds. The zero-order chi connectivity index (χ0) is 13.5. The average Bonchev–Trinajstić information content (AvgIpc) is 2.29. The molecule has 1 aromatic carbocycles. The van der Waals surface area contributed by atoms with Crippen LogP contribution in [0.15, 0.2) is 18.2 Å². The number of carbonyl (C=O) groups is 1. The summed E-state index contributed by atoms with van der Waals surface area (Å²) >= 11 is 12.0. The van der Waals surface area contributed by atoms with Crippen LogP contribution in [0, 0.1) is 0 Å². The number of carbonyl (C=O) groups excluding carboxylic acids is 1. The average molecular weight is 290 g/mol. The van der Waals surface area contributed by atoms with Crippen LogP contribution in [0.5, 0.6) is 0 Å². The lowest BCUT2D eigenvalue weighted by Crippen LogP contribution is -2.26. The van der Waals surface area contributed by atoms with Crippen LogP contribution in [0.1, 0.15) is 25.3 Å². The molecule has 2 N–H and O–H groups in total. The summed E-state index contributed by atoms with van der Waals surface area (Å²) in [6.45, 7) is 2.27. The molecule has 1 aromatic rings. The summed E-state index contributed by atoms with van der Waals surface area (Å²) in [6, 6.07) is 5.17. The zero-order valence-corrected chi connectivity index (χ0v) is 11.8. The van der Waals surface area contributed by atoms with Crippen molar-refractivity contribution in [2.75, 3.05) is 6.54 Å². The minimum atomic E-state index is -0.333. The van der Waals surface area contributed by atoms with E-state index in [9.17, 15) is 4.79 Å². The van der Waals surface area contributed by atoms with Crippen LogP contribution in [-0.2, 0) is 11.2 Å². The van der Waals surface area contributed by atoms with E-state index in [-0.39, 0.29) is 18.4 Å². The van der Waals surface area contributed by atoms with Gasteiger partial charge in [-0.1, -0.05) is 29.3 Å². The van der Waals surface area contributed by atoms with Crippen molar-refractivity contribution in [3.63, 3.8) is 0 Å². The molecular weight excluding hydrogens is 273 g/mol. The predicted molar refractivity (Wildman–Crippen MR) is 74.1 cm³/mol. The second-order valence-corrected chi connectivity index (χ2v) is 5.03. The summed E-state index contributed by atoms with van der Waals surface area (Å²) in [5, 5.41) is 12.9. The van der Waals surface area contributed by atoms with Crippen molar-refractivity contribution in [2.24, 2.45) is 0 Å². The molecule has 1 atom stereocenters. The smallest absolute Gasteiger partial charge is 0.224 e. The summed E-state index contributed by atoms with van der Waals surface area (Å²) in [5.74, 6) is -0.115. The van der Waals surface area contributed by atoms with Gasteiger partial charge in [0.25, 0.3) is 0 Å². The minimum absolute atomic E-state index is 0.115. The number of benzene rings is 1. The molecule has 0 bridgehead atoms. The van der Waals surface area contributed by atoms with Crippen molar-refractivity contribution >= 4 is 29.1 Å². The number of aliphatic hydroxyl groups excluding tert-OH is 1. The Kier molecular flexibility index (Phi) is 6.47. The van der Waals surface area contributed by atoms with Gasteiger partial charge in [0.1, 0.15) is 0 Å². The number of nitrogens with one attached hydrogen (secondary N) is 1. The van der Waals surface area contributed by atoms with Crippen LogP contribution < -0.4 is 5.32 Å². The molecule has 0 heterocycles. The molecule has 18 heavy (non-hydrogen) atoms. The van der Waals surface area contributed by atoms with E-state index in [0.29, 0.717) is 28.6 Å². The van der Waals surface area contributed by atoms with Gasteiger partial charge in [0.05, 0.1) is 12.5 Å². The molecule has 0 spiro atoms. The largest absolute Gasteiger partial charge is 0.393 e. The highest BCUT2D eigenvalue weighted by Gasteiger charge is 2.10.